The second-order valence-electron chi connectivity index (χ2n) is 7.16. The van der Waals surface area contributed by atoms with Gasteiger partial charge in [0.2, 0.25) is 5.91 Å². The third kappa shape index (κ3) is 4.44. The number of nitrogens with one attached hydrogen (secondary N) is 2. The van der Waals surface area contributed by atoms with Crippen molar-refractivity contribution in [3.05, 3.63) is 59.7 Å². The molecule has 0 radical (unpaired) electrons. The van der Waals surface area contributed by atoms with Crippen molar-refractivity contribution in [2.45, 2.75) is 32.4 Å². The van der Waals surface area contributed by atoms with E-state index in [0.29, 0.717) is 24.3 Å². The number of ether oxygens (including phenoxy) is 2. The minimum atomic E-state index is -0.635. The fraction of sp³-hybridized carbons (Fsp3) is 0.364. The van der Waals surface area contributed by atoms with E-state index < -0.39 is 6.04 Å². The summed E-state index contributed by atoms with van der Waals surface area (Å²) < 4.78 is 10.8. The summed E-state index contributed by atoms with van der Waals surface area (Å²) in [5.41, 5.74) is 1.45. The standard InChI is InChI=1S/C22H26N2O4/c1-14(2)20(24-21(25)15-8-10-16(27-3)11-9-15)22(26)23-18-12-13-28-19-7-5-4-6-17(18)19/h4-11,14,18,20H,12-13H2,1-3H3,(H,23,26)(H,24,25)/t18-,20-/m0/s1. The fourth-order valence-corrected chi connectivity index (χ4v) is 3.26. The van der Waals surface area contributed by atoms with E-state index in [0.717, 1.165) is 11.3 Å². The van der Waals surface area contributed by atoms with Crippen molar-refractivity contribution in [3.63, 3.8) is 0 Å². The minimum Gasteiger partial charge on any atom is -0.497 e. The molecule has 0 saturated carbocycles. The van der Waals surface area contributed by atoms with E-state index in [-0.39, 0.29) is 23.8 Å². The number of carbonyl (C=O) groups excluding carboxylic acids is 2. The third-order valence-electron chi connectivity index (χ3n) is 4.86. The zero-order chi connectivity index (χ0) is 20.1. The molecular formula is C22H26N2O4. The molecule has 2 N–H and O–H groups in total. The highest BCUT2D eigenvalue weighted by atomic mass is 16.5. The molecule has 2 aromatic rings. The van der Waals surface area contributed by atoms with Crippen molar-refractivity contribution in [2.24, 2.45) is 5.92 Å². The van der Waals surface area contributed by atoms with E-state index in [4.69, 9.17) is 9.47 Å². The summed E-state index contributed by atoms with van der Waals surface area (Å²) in [4.78, 5) is 25.5. The summed E-state index contributed by atoms with van der Waals surface area (Å²) in [6.07, 6.45) is 0.694. The van der Waals surface area contributed by atoms with E-state index in [1.165, 1.54) is 0 Å². The first-order valence-electron chi connectivity index (χ1n) is 9.46. The van der Waals surface area contributed by atoms with Gasteiger partial charge in [-0.2, -0.15) is 0 Å². The Morgan fingerprint density at radius 1 is 1.11 bits per heavy atom. The van der Waals surface area contributed by atoms with E-state index in [1.54, 1.807) is 31.4 Å². The van der Waals surface area contributed by atoms with Crippen molar-refractivity contribution in [3.8, 4) is 11.5 Å². The van der Waals surface area contributed by atoms with Crippen molar-refractivity contribution in [2.75, 3.05) is 13.7 Å². The lowest BCUT2D eigenvalue weighted by molar-refractivity contribution is -0.124. The Morgan fingerprint density at radius 3 is 2.50 bits per heavy atom. The first-order valence-corrected chi connectivity index (χ1v) is 9.46. The molecule has 0 aromatic heterocycles. The molecule has 6 nitrogen and oxygen atoms in total. The van der Waals surface area contributed by atoms with Gasteiger partial charge >= 0.3 is 0 Å². The normalized spacial score (nSPS) is 16.5. The van der Waals surface area contributed by atoms with Gasteiger partial charge in [0.25, 0.3) is 5.91 Å². The molecule has 1 aliphatic heterocycles. The lowest BCUT2D eigenvalue weighted by Crippen LogP contribution is -2.50. The number of hydrogen-bond acceptors (Lipinski definition) is 4. The number of carbonyl (C=O) groups is 2. The van der Waals surface area contributed by atoms with Gasteiger partial charge in [-0.15, -0.1) is 0 Å². The maximum Gasteiger partial charge on any atom is 0.251 e. The molecule has 3 rings (SSSR count). The van der Waals surface area contributed by atoms with Crippen LogP contribution < -0.4 is 20.1 Å². The first-order chi connectivity index (χ1) is 13.5. The molecule has 6 heteroatoms. The molecule has 2 atom stereocenters. The number of benzene rings is 2. The molecule has 0 saturated heterocycles. The quantitative estimate of drug-likeness (QED) is 0.805. The number of amides is 2. The van der Waals surface area contributed by atoms with E-state index in [2.05, 4.69) is 10.6 Å². The van der Waals surface area contributed by atoms with Crippen LogP contribution in [0, 0.1) is 5.92 Å². The maximum atomic E-state index is 12.9. The second-order valence-corrected chi connectivity index (χ2v) is 7.16. The predicted octanol–water partition coefficient (Wildman–Crippen LogP) is 3.09. The smallest absolute Gasteiger partial charge is 0.251 e. The van der Waals surface area contributed by atoms with Crippen LogP contribution in [0.4, 0.5) is 0 Å². The Kier molecular flexibility index (Phi) is 6.19. The summed E-state index contributed by atoms with van der Waals surface area (Å²) in [6, 6.07) is 13.7. The van der Waals surface area contributed by atoms with Crippen LogP contribution >= 0.6 is 0 Å². The van der Waals surface area contributed by atoms with Crippen molar-refractivity contribution in [1.29, 1.82) is 0 Å². The number of rotatable bonds is 6. The summed E-state index contributed by atoms with van der Waals surface area (Å²) in [5.74, 6) is 0.926. The number of methoxy groups -OCH3 is 1. The van der Waals surface area contributed by atoms with Crippen LogP contribution in [-0.4, -0.2) is 31.6 Å². The summed E-state index contributed by atoms with van der Waals surface area (Å²) in [5, 5.41) is 5.94. The number of fused-ring (bicyclic) bond motifs is 1. The molecule has 1 aliphatic rings. The van der Waals surface area contributed by atoms with Gasteiger partial charge in [-0.05, 0) is 36.2 Å². The highest BCUT2D eigenvalue weighted by molar-refractivity contribution is 5.97. The van der Waals surface area contributed by atoms with Gasteiger partial charge in [-0.1, -0.05) is 32.0 Å². The second kappa shape index (κ2) is 8.78. The Bertz CT molecular complexity index is 833. The molecule has 28 heavy (non-hydrogen) atoms. The van der Waals surface area contributed by atoms with Gasteiger partial charge in [0.05, 0.1) is 19.8 Å². The average Bonchev–Trinajstić information content (AvgIpc) is 2.71. The van der Waals surface area contributed by atoms with Crippen molar-refractivity contribution >= 4 is 11.8 Å². The molecule has 1 heterocycles. The van der Waals surface area contributed by atoms with Crippen LogP contribution in [0.3, 0.4) is 0 Å². The summed E-state index contributed by atoms with van der Waals surface area (Å²) in [7, 11) is 1.57. The number of para-hydroxylation sites is 1. The first kappa shape index (κ1) is 19.7. The van der Waals surface area contributed by atoms with Gasteiger partial charge in [0.1, 0.15) is 17.5 Å². The monoisotopic (exact) mass is 382 g/mol. The zero-order valence-electron chi connectivity index (χ0n) is 16.4. The van der Waals surface area contributed by atoms with Crippen LogP contribution in [0.25, 0.3) is 0 Å². The largest absolute Gasteiger partial charge is 0.497 e. The fourth-order valence-electron chi connectivity index (χ4n) is 3.26. The van der Waals surface area contributed by atoms with Gasteiger partial charge in [-0.3, -0.25) is 9.59 Å². The molecule has 0 unspecified atom stereocenters. The lowest BCUT2D eigenvalue weighted by atomic mass is 9.98. The Morgan fingerprint density at radius 2 is 1.82 bits per heavy atom. The Hall–Kier alpha value is -3.02. The summed E-state index contributed by atoms with van der Waals surface area (Å²) >= 11 is 0. The van der Waals surface area contributed by atoms with Gasteiger partial charge in [-0.25, -0.2) is 0 Å². The number of hydrogen-bond donors (Lipinski definition) is 2. The molecule has 0 fully saturated rings. The van der Waals surface area contributed by atoms with Gasteiger partial charge in [0, 0.05) is 17.5 Å². The zero-order valence-corrected chi connectivity index (χ0v) is 16.4. The van der Waals surface area contributed by atoms with Crippen LogP contribution in [0.1, 0.15) is 42.2 Å². The third-order valence-corrected chi connectivity index (χ3v) is 4.86. The highest BCUT2D eigenvalue weighted by Gasteiger charge is 2.29. The lowest BCUT2D eigenvalue weighted by Gasteiger charge is -2.29. The predicted molar refractivity (Wildman–Crippen MR) is 107 cm³/mol. The highest BCUT2D eigenvalue weighted by Crippen LogP contribution is 2.31. The van der Waals surface area contributed by atoms with Crippen LogP contribution in [0.15, 0.2) is 48.5 Å². The summed E-state index contributed by atoms with van der Waals surface area (Å²) in [6.45, 7) is 4.37. The van der Waals surface area contributed by atoms with Crippen molar-refractivity contribution in [1.82, 2.24) is 10.6 Å². The van der Waals surface area contributed by atoms with E-state index in [9.17, 15) is 9.59 Å². The van der Waals surface area contributed by atoms with Crippen LogP contribution in [0.2, 0.25) is 0 Å². The van der Waals surface area contributed by atoms with Crippen LogP contribution in [-0.2, 0) is 4.79 Å². The van der Waals surface area contributed by atoms with E-state index >= 15 is 0 Å². The minimum absolute atomic E-state index is 0.0581. The topological polar surface area (TPSA) is 76.7 Å². The Labute approximate surface area is 165 Å². The van der Waals surface area contributed by atoms with Gasteiger partial charge < -0.3 is 20.1 Å². The van der Waals surface area contributed by atoms with Gasteiger partial charge in [0.15, 0.2) is 0 Å². The Balaban J connectivity index is 1.70. The molecular weight excluding hydrogens is 356 g/mol. The molecule has 148 valence electrons. The van der Waals surface area contributed by atoms with E-state index in [1.807, 2.05) is 38.1 Å². The maximum absolute atomic E-state index is 12.9. The molecule has 0 spiro atoms. The van der Waals surface area contributed by atoms with Crippen LogP contribution in [0.5, 0.6) is 11.5 Å². The van der Waals surface area contributed by atoms with Crippen molar-refractivity contribution < 1.29 is 19.1 Å². The molecule has 0 aliphatic carbocycles. The molecule has 2 aromatic carbocycles. The SMILES string of the molecule is COc1ccc(C(=O)N[C@H](C(=O)N[C@H]2CCOc3ccccc32)C(C)C)cc1. The molecule has 2 amide bonds. The molecule has 0 bridgehead atoms. The average molecular weight is 382 g/mol.